The molecule has 0 fully saturated rings. The summed E-state index contributed by atoms with van der Waals surface area (Å²) < 4.78 is 18.7. The van der Waals surface area contributed by atoms with E-state index < -0.39 is 11.4 Å². The van der Waals surface area contributed by atoms with E-state index in [0.717, 1.165) is 0 Å². The van der Waals surface area contributed by atoms with Gasteiger partial charge in [-0.05, 0) is 32.5 Å². The second-order valence-electron chi connectivity index (χ2n) is 4.41. The zero-order chi connectivity index (χ0) is 13.1. The summed E-state index contributed by atoms with van der Waals surface area (Å²) in [6.45, 7) is 3.54. The van der Waals surface area contributed by atoms with E-state index in [1.807, 2.05) is 0 Å². The molecule has 17 heavy (non-hydrogen) atoms. The van der Waals surface area contributed by atoms with Gasteiger partial charge < -0.3 is 10.1 Å². The Morgan fingerprint density at radius 3 is 2.65 bits per heavy atom. The van der Waals surface area contributed by atoms with Crippen molar-refractivity contribution < 1.29 is 13.9 Å². The summed E-state index contributed by atoms with van der Waals surface area (Å²) in [6.07, 6.45) is 0.0525. The molecule has 4 heteroatoms. The summed E-state index contributed by atoms with van der Waals surface area (Å²) in [5.41, 5.74) is -0.298. The van der Waals surface area contributed by atoms with Gasteiger partial charge in [-0.15, -0.1) is 0 Å². The molecule has 0 unspecified atom stereocenters. The van der Waals surface area contributed by atoms with E-state index in [1.165, 1.54) is 13.2 Å². The number of ketones is 1. The quantitative estimate of drug-likeness (QED) is 0.853. The van der Waals surface area contributed by atoms with E-state index >= 15 is 0 Å². The van der Waals surface area contributed by atoms with Gasteiger partial charge in [0.05, 0.1) is 12.6 Å². The number of methoxy groups -OCH3 is 1. The van der Waals surface area contributed by atoms with Crippen LogP contribution in [0.5, 0.6) is 5.75 Å². The topological polar surface area (TPSA) is 38.3 Å². The molecule has 0 atom stereocenters. The van der Waals surface area contributed by atoms with E-state index in [2.05, 4.69) is 5.32 Å². The Morgan fingerprint density at radius 1 is 1.47 bits per heavy atom. The number of nitrogens with one attached hydrogen (secondary N) is 1. The van der Waals surface area contributed by atoms with Gasteiger partial charge in [-0.3, -0.25) is 4.79 Å². The van der Waals surface area contributed by atoms with Crippen LogP contribution >= 0.6 is 0 Å². The normalized spacial score (nSPS) is 11.4. The Kier molecular flexibility index (Phi) is 4.23. The van der Waals surface area contributed by atoms with Crippen LogP contribution in [0, 0.1) is 5.82 Å². The van der Waals surface area contributed by atoms with Crippen LogP contribution in [0.15, 0.2) is 18.2 Å². The summed E-state index contributed by atoms with van der Waals surface area (Å²) in [4.78, 5) is 11.9. The van der Waals surface area contributed by atoms with Crippen molar-refractivity contribution in [1.29, 1.82) is 0 Å². The number of halogens is 1. The fourth-order valence-electron chi connectivity index (χ4n) is 1.38. The van der Waals surface area contributed by atoms with Crippen LogP contribution in [0.4, 0.5) is 4.39 Å². The highest BCUT2D eigenvalue weighted by Crippen LogP contribution is 2.21. The Bertz CT molecular complexity index is 416. The fourth-order valence-corrected chi connectivity index (χ4v) is 1.38. The highest BCUT2D eigenvalue weighted by Gasteiger charge is 2.26. The molecule has 0 saturated heterocycles. The number of ether oxygens (including phenoxy) is 1. The summed E-state index contributed by atoms with van der Waals surface area (Å²) in [5, 5.41) is 2.91. The van der Waals surface area contributed by atoms with Crippen LogP contribution in [-0.4, -0.2) is 25.5 Å². The van der Waals surface area contributed by atoms with Gasteiger partial charge in [-0.25, -0.2) is 4.39 Å². The maximum absolute atomic E-state index is 13.8. The zero-order valence-electron chi connectivity index (χ0n) is 10.6. The monoisotopic (exact) mass is 239 g/mol. The Labute approximate surface area is 101 Å². The first kappa shape index (κ1) is 13.6. The number of carbonyl (C=O) groups is 1. The number of carbonyl (C=O) groups excluding carboxylic acids is 1. The van der Waals surface area contributed by atoms with Crippen molar-refractivity contribution in [3.63, 3.8) is 0 Å². The molecular weight excluding hydrogens is 221 g/mol. The molecule has 0 heterocycles. The lowest BCUT2D eigenvalue weighted by Crippen LogP contribution is -2.45. The van der Waals surface area contributed by atoms with Gasteiger partial charge in [0.1, 0.15) is 0 Å². The number of benzene rings is 1. The van der Waals surface area contributed by atoms with Crippen molar-refractivity contribution in [1.82, 2.24) is 5.32 Å². The summed E-state index contributed by atoms with van der Waals surface area (Å²) >= 11 is 0. The third-order valence-corrected chi connectivity index (χ3v) is 2.94. The van der Waals surface area contributed by atoms with E-state index in [0.29, 0.717) is 5.56 Å². The minimum absolute atomic E-state index is 0.0525. The zero-order valence-corrected chi connectivity index (χ0v) is 10.6. The smallest absolute Gasteiger partial charge is 0.168 e. The van der Waals surface area contributed by atoms with E-state index in [4.69, 9.17) is 4.74 Å². The van der Waals surface area contributed by atoms with E-state index in [-0.39, 0.29) is 18.0 Å². The Balaban J connectivity index is 2.93. The maximum Gasteiger partial charge on any atom is 0.168 e. The molecule has 0 aliphatic rings. The minimum atomic E-state index is -0.657. The van der Waals surface area contributed by atoms with E-state index in [9.17, 15) is 9.18 Å². The minimum Gasteiger partial charge on any atom is -0.494 e. The molecule has 0 aromatic heterocycles. The van der Waals surface area contributed by atoms with Gasteiger partial charge in [0, 0.05) is 6.42 Å². The van der Waals surface area contributed by atoms with Crippen molar-refractivity contribution >= 4 is 5.78 Å². The molecule has 0 bridgehead atoms. The molecular formula is C13H18FNO2. The number of likely N-dealkylation sites (N-methyl/N-ethyl adjacent to an activating group) is 1. The first-order chi connectivity index (χ1) is 7.92. The molecule has 1 rings (SSSR count). The Hall–Kier alpha value is -1.42. The lowest BCUT2D eigenvalue weighted by Gasteiger charge is -2.22. The Morgan fingerprint density at radius 2 is 2.12 bits per heavy atom. The first-order valence-corrected chi connectivity index (χ1v) is 5.46. The van der Waals surface area contributed by atoms with Gasteiger partial charge in [0.15, 0.2) is 17.3 Å². The van der Waals surface area contributed by atoms with E-state index in [1.54, 1.807) is 33.0 Å². The van der Waals surface area contributed by atoms with Crippen molar-refractivity contribution in [2.24, 2.45) is 0 Å². The summed E-state index contributed by atoms with van der Waals surface area (Å²) in [6, 6.07) is 4.81. The molecule has 94 valence electrons. The van der Waals surface area contributed by atoms with Crippen molar-refractivity contribution in [3.8, 4) is 5.75 Å². The van der Waals surface area contributed by atoms with Crippen molar-refractivity contribution in [2.75, 3.05) is 14.2 Å². The fraction of sp³-hybridized carbons (Fsp3) is 0.462. The molecule has 0 saturated carbocycles. The van der Waals surface area contributed by atoms with Gasteiger partial charge in [-0.2, -0.15) is 0 Å². The van der Waals surface area contributed by atoms with Crippen LogP contribution < -0.4 is 10.1 Å². The standard InChI is InChI=1S/C13H18FNO2/c1-13(2,15-3)11(16)8-9-6-5-7-10(17-4)12(9)14/h5-7,15H,8H2,1-4H3. The van der Waals surface area contributed by atoms with Gasteiger partial charge in [0.25, 0.3) is 0 Å². The van der Waals surface area contributed by atoms with Crippen LogP contribution in [0.2, 0.25) is 0 Å². The first-order valence-electron chi connectivity index (χ1n) is 5.46. The van der Waals surface area contributed by atoms with Crippen LogP contribution in [0.25, 0.3) is 0 Å². The number of Topliss-reactive ketones (excluding diaryl/α,β-unsaturated/α-hetero) is 1. The van der Waals surface area contributed by atoms with Gasteiger partial charge >= 0.3 is 0 Å². The molecule has 0 aliphatic carbocycles. The van der Waals surface area contributed by atoms with Crippen molar-refractivity contribution in [3.05, 3.63) is 29.6 Å². The second kappa shape index (κ2) is 5.27. The van der Waals surface area contributed by atoms with Crippen LogP contribution in [-0.2, 0) is 11.2 Å². The average molecular weight is 239 g/mol. The van der Waals surface area contributed by atoms with Crippen molar-refractivity contribution in [2.45, 2.75) is 25.8 Å². The molecule has 1 aromatic carbocycles. The SMILES string of the molecule is CNC(C)(C)C(=O)Cc1cccc(OC)c1F. The molecule has 3 nitrogen and oxygen atoms in total. The molecule has 1 aromatic rings. The van der Waals surface area contributed by atoms with Crippen LogP contribution in [0.1, 0.15) is 19.4 Å². The predicted octanol–water partition coefficient (Wildman–Crippen LogP) is 1.94. The third-order valence-electron chi connectivity index (χ3n) is 2.94. The second-order valence-corrected chi connectivity index (χ2v) is 4.41. The third kappa shape index (κ3) is 3.03. The molecule has 0 radical (unpaired) electrons. The average Bonchev–Trinajstić information content (AvgIpc) is 2.31. The lowest BCUT2D eigenvalue weighted by molar-refractivity contribution is -0.123. The lowest BCUT2D eigenvalue weighted by atomic mass is 9.93. The summed E-state index contributed by atoms with van der Waals surface area (Å²) in [5.74, 6) is -0.361. The molecule has 0 spiro atoms. The van der Waals surface area contributed by atoms with Gasteiger partial charge in [-0.1, -0.05) is 12.1 Å². The van der Waals surface area contributed by atoms with Gasteiger partial charge in [0.2, 0.25) is 0 Å². The van der Waals surface area contributed by atoms with Crippen LogP contribution in [0.3, 0.4) is 0 Å². The number of hydrogen-bond donors (Lipinski definition) is 1. The highest BCUT2D eigenvalue weighted by atomic mass is 19.1. The number of hydrogen-bond acceptors (Lipinski definition) is 3. The largest absolute Gasteiger partial charge is 0.494 e. The predicted molar refractivity (Wildman–Crippen MR) is 64.8 cm³/mol. The molecule has 0 aliphatic heterocycles. The summed E-state index contributed by atoms with van der Waals surface area (Å²) in [7, 11) is 3.11. The maximum atomic E-state index is 13.8. The highest BCUT2D eigenvalue weighted by molar-refractivity contribution is 5.89. The molecule has 1 N–H and O–H groups in total. The number of rotatable bonds is 5. The molecule has 0 amide bonds.